The Bertz CT molecular complexity index is 1480. The first-order chi connectivity index (χ1) is 16.4. The van der Waals surface area contributed by atoms with E-state index in [4.69, 9.17) is 0 Å². The molecular formula is C27H19F4N3. The van der Waals surface area contributed by atoms with Gasteiger partial charge in [-0.25, -0.2) is 27.5 Å². The average molecular weight is 461 g/mol. The SMILES string of the molecule is CCc1cc(-c2ccc(F)cc2F)ccc1Cn1ccc2nc(-c3cccc(F)c3F)nc-2c1. The fourth-order valence-electron chi connectivity index (χ4n) is 4.04. The van der Waals surface area contributed by atoms with Gasteiger partial charge in [0.2, 0.25) is 0 Å². The molecule has 0 aliphatic carbocycles. The lowest BCUT2D eigenvalue weighted by Gasteiger charge is -2.14. The van der Waals surface area contributed by atoms with Crippen molar-refractivity contribution in [3.63, 3.8) is 0 Å². The lowest BCUT2D eigenvalue weighted by atomic mass is 9.97. The van der Waals surface area contributed by atoms with Crippen molar-refractivity contribution in [2.45, 2.75) is 19.9 Å². The number of rotatable bonds is 5. The number of halogens is 4. The zero-order valence-electron chi connectivity index (χ0n) is 18.2. The summed E-state index contributed by atoms with van der Waals surface area (Å²) in [7, 11) is 0. The number of fused-ring (bicyclic) bond motifs is 1. The fraction of sp³-hybridized carbons (Fsp3) is 0.111. The lowest BCUT2D eigenvalue weighted by Crippen LogP contribution is -2.04. The summed E-state index contributed by atoms with van der Waals surface area (Å²) in [5, 5.41) is 0. The van der Waals surface area contributed by atoms with Crippen LogP contribution in [0.2, 0.25) is 0 Å². The molecule has 34 heavy (non-hydrogen) atoms. The molecular weight excluding hydrogens is 442 g/mol. The Balaban J connectivity index is 1.46. The van der Waals surface area contributed by atoms with Crippen LogP contribution < -0.4 is 0 Å². The number of hydrogen-bond acceptors (Lipinski definition) is 2. The van der Waals surface area contributed by atoms with Crippen molar-refractivity contribution in [3.05, 3.63) is 107 Å². The van der Waals surface area contributed by atoms with E-state index in [9.17, 15) is 17.6 Å². The van der Waals surface area contributed by atoms with Crippen LogP contribution in [0.1, 0.15) is 18.1 Å². The number of aryl methyl sites for hydroxylation is 1. The molecule has 0 atom stereocenters. The van der Waals surface area contributed by atoms with Gasteiger partial charge >= 0.3 is 0 Å². The molecule has 0 spiro atoms. The summed E-state index contributed by atoms with van der Waals surface area (Å²) in [5.41, 5.74) is 4.25. The predicted molar refractivity (Wildman–Crippen MR) is 122 cm³/mol. The number of hydrogen-bond donors (Lipinski definition) is 0. The molecule has 2 heterocycles. The molecule has 0 saturated carbocycles. The van der Waals surface area contributed by atoms with Crippen molar-refractivity contribution in [1.82, 2.24) is 14.5 Å². The van der Waals surface area contributed by atoms with Crippen LogP contribution in [0.15, 0.2) is 73.1 Å². The molecule has 2 aliphatic rings. The molecule has 0 radical (unpaired) electrons. The monoisotopic (exact) mass is 461 g/mol. The Kier molecular flexibility index (Phi) is 5.61. The molecule has 0 aromatic heterocycles. The van der Waals surface area contributed by atoms with Crippen LogP contribution in [-0.4, -0.2) is 14.5 Å². The molecule has 0 unspecified atom stereocenters. The van der Waals surface area contributed by atoms with Gasteiger partial charge < -0.3 is 4.57 Å². The molecule has 0 amide bonds. The van der Waals surface area contributed by atoms with Crippen LogP contribution in [0.5, 0.6) is 0 Å². The summed E-state index contributed by atoms with van der Waals surface area (Å²) in [6.45, 7) is 2.54. The summed E-state index contributed by atoms with van der Waals surface area (Å²) >= 11 is 0. The highest BCUT2D eigenvalue weighted by Gasteiger charge is 2.18. The number of pyridine rings is 1. The number of imidazole rings is 1. The number of aromatic nitrogens is 3. The van der Waals surface area contributed by atoms with E-state index in [2.05, 4.69) is 9.97 Å². The van der Waals surface area contributed by atoms with Crippen molar-refractivity contribution in [1.29, 1.82) is 0 Å². The maximum absolute atomic E-state index is 14.2. The van der Waals surface area contributed by atoms with E-state index in [1.54, 1.807) is 12.3 Å². The maximum atomic E-state index is 14.2. The Morgan fingerprint density at radius 2 is 1.59 bits per heavy atom. The molecule has 0 fully saturated rings. The highest BCUT2D eigenvalue weighted by molar-refractivity contribution is 5.67. The minimum Gasteiger partial charge on any atom is -0.348 e. The van der Waals surface area contributed by atoms with Crippen LogP contribution in [0.25, 0.3) is 33.9 Å². The van der Waals surface area contributed by atoms with Gasteiger partial charge in [0, 0.05) is 30.6 Å². The van der Waals surface area contributed by atoms with E-state index in [0.29, 0.717) is 29.1 Å². The second kappa shape index (κ2) is 8.74. The Hall–Kier alpha value is -4.00. The summed E-state index contributed by atoms with van der Waals surface area (Å²) < 4.78 is 57.2. The Morgan fingerprint density at radius 3 is 2.38 bits per heavy atom. The highest BCUT2D eigenvalue weighted by Crippen LogP contribution is 2.29. The van der Waals surface area contributed by atoms with Crippen LogP contribution in [-0.2, 0) is 13.0 Å². The van der Waals surface area contributed by atoms with E-state index in [-0.39, 0.29) is 11.4 Å². The number of nitrogens with zero attached hydrogens (tertiary/aromatic N) is 3. The third-order valence-electron chi connectivity index (χ3n) is 5.80. The van der Waals surface area contributed by atoms with Crippen LogP contribution >= 0.6 is 0 Å². The first-order valence-electron chi connectivity index (χ1n) is 10.8. The van der Waals surface area contributed by atoms with E-state index < -0.39 is 23.3 Å². The summed E-state index contributed by atoms with van der Waals surface area (Å²) in [4.78, 5) is 8.72. The van der Waals surface area contributed by atoms with Gasteiger partial charge in [-0.3, -0.25) is 0 Å². The van der Waals surface area contributed by atoms with Crippen molar-refractivity contribution < 1.29 is 17.6 Å². The van der Waals surface area contributed by atoms with Crippen molar-refractivity contribution in [2.24, 2.45) is 0 Å². The summed E-state index contributed by atoms with van der Waals surface area (Å²) in [5.74, 6) is -3.01. The highest BCUT2D eigenvalue weighted by atomic mass is 19.2. The largest absolute Gasteiger partial charge is 0.348 e. The van der Waals surface area contributed by atoms with Gasteiger partial charge in [0.1, 0.15) is 17.3 Å². The molecule has 0 bridgehead atoms. The summed E-state index contributed by atoms with van der Waals surface area (Å²) in [6.07, 6.45) is 4.37. The van der Waals surface area contributed by atoms with Crippen LogP contribution in [0, 0.1) is 23.3 Å². The standard InChI is InChI=1S/C27H19F4N3/c1-2-16-12-17(20-9-8-19(28)13-23(20)30)6-7-18(16)14-34-11-10-24-25(15-34)33-27(32-24)21-4-3-5-22(29)26(21)31/h3-13,15H,2,14H2,1H3. The van der Waals surface area contributed by atoms with Gasteiger partial charge in [-0.1, -0.05) is 31.2 Å². The van der Waals surface area contributed by atoms with E-state index in [1.165, 1.54) is 24.3 Å². The molecule has 3 aromatic carbocycles. The molecule has 0 N–H and O–H groups in total. The second-order valence-corrected chi connectivity index (χ2v) is 8.00. The molecule has 5 rings (SSSR count). The first kappa shape index (κ1) is 21.8. The second-order valence-electron chi connectivity index (χ2n) is 8.00. The van der Waals surface area contributed by atoms with E-state index in [1.807, 2.05) is 35.9 Å². The molecule has 2 aliphatic heterocycles. The smallest absolute Gasteiger partial charge is 0.169 e. The minimum atomic E-state index is -0.976. The topological polar surface area (TPSA) is 30.7 Å². The first-order valence-corrected chi connectivity index (χ1v) is 10.8. The minimum absolute atomic E-state index is 0.0135. The zero-order chi connectivity index (χ0) is 23.8. The Labute approximate surface area is 193 Å². The molecule has 0 saturated heterocycles. The van der Waals surface area contributed by atoms with E-state index in [0.717, 1.165) is 29.7 Å². The Morgan fingerprint density at radius 1 is 0.765 bits per heavy atom. The van der Waals surface area contributed by atoms with Gasteiger partial charge in [-0.15, -0.1) is 0 Å². The molecule has 3 aromatic rings. The zero-order valence-corrected chi connectivity index (χ0v) is 18.2. The van der Waals surface area contributed by atoms with Gasteiger partial charge in [-0.2, -0.15) is 0 Å². The van der Waals surface area contributed by atoms with Crippen molar-refractivity contribution in [3.8, 4) is 33.9 Å². The lowest BCUT2D eigenvalue weighted by molar-refractivity contribution is 0.510. The van der Waals surface area contributed by atoms with Gasteiger partial charge in [0.25, 0.3) is 0 Å². The fourth-order valence-corrected chi connectivity index (χ4v) is 4.04. The van der Waals surface area contributed by atoms with Gasteiger partial charge in [0.05, 0.1) is 11.3 Å². The number of benzene rings is 3. The molecule has 7 heteroatoms. The van der Waals surface area contributed by atoms with Crippen LogP contribution in [0.3, 0.4) is 0 Å². The average Bonchev–Trinajstić information content (AvgIpc) is 3.24. The molecule has 3 nitrogen and oxygen atoms in total. The maximum Gasteiger partial charge on any atom is 0.169 e. The third kappa shape index (κ3) is 4.05. The van der Waals surface area contributed by atoms with Gasteiger partial charge in [-0.05, 0) is 53.4 Å². The summed E-state index contributed by atoms with van der Waals surface area (Å²) in [6, 6.07) is 14.9. The molecule has 170 valence electrons. The van der Waals surface area contributed by atoms with Crippen LogP contribution in [0.4, 0.5) is 17.6 Å². The normalized spacial score (nSPS) is 11.3. The van der Waals surface area contributed by atoms with Crippen molar-refractivity contribution >= 4 is 0 Å². The quantitative estimate of drug-likeness (QED) is 0.267. The predicted octanol–water partition coefficient (Wildman–Crippen LogP) is 6.88. The van der Waals surface area contributed by atoms with Crippen molar-refractivity contribution in [2.75, 3.05) is 0 Å². The van der Waals surface area contributed by atoms with Gasteiger partial charge in [0.15, 0.2) is 17.5 Å². The van der Waals surface area contributed by atoms with E-state index >= 15 is 0 Å². The third-order valence-corrected chi connectivity index (χ3v) is 5.80.